The predicted molar refractivity (Wildman–Crippen MR) is 88.9 cm³/mol. The molecule has 0 unspecified atom stereocenters. The number of carbonyl (C=O) groups is 1. The van der Waals surface area contributed by atoms with Gasteiger partial charge in [0.15, 0.2) is 0 Å². The van der Waals surface area contributed by atoms with Gasteiger partial charge in [-0.25, -0.2) is 0 Å². The second-order valence-corrected chi connectivity index (χ2v) is 5.48. The zero-order valence-electron chi connectivity index (χ0n) is 13.4. The van der Waals surface area contributed by atoms with E-state index >= 15 is 0 Å². The van der Waals surface area contributed by atoms with Crippen LogP contribution >= 0.6 is 0 Å². The van der Waals surface area contributed by atoms with Gasteiger partial charge in [-0.15, -0.1) is 0 Å². The zero-order valence-corrected chi connectivity index (χ0v) is 13.4. The fraction of sp³-hybridized carbons (Fsp3) is 0.222. The third-order valence-electron chi connectivity index (χ3n) is 3.50. The maximum absolute atomic E-state index is 11.9. The van der Waals surface area contributed by atoms with E-state index in [1.54, 1.807) is 6.20 Å². The number of carbonyl (C=O) groups excluding carboxylic acids is 1. The molecule has 0 fully saturated rings. The van der Waals surface area contributed by atoms with E-state index in [9.17, 15) is 4.79 Å². The Morgan fingerprint density at radius 1 is 1.21 bits per heavy atom. The number of nitrogens with one attached hydrogen (secondary N) is 1. The van der Waals surface area contributed by atoms with Gasteiger partial charge in [0.05, 0.1) is 12.2 Å². The Labute approximate surface area is 139 Å². The minimum atomic E-state index is -0.0732. The first-order valence-corrected chi connectivity index (χ1v) is 7.77. The summed E-state index contributed by atoms with van der Waals surface area (Å²) in [4.78, 5) is 20.4. The Morgan fingerprint density at radius 3 is 2.92 bits per heavy atom. The summed E-state index contributed by atoms with van der Waals surface area (Å²) in [7, 11) is 0. The van der Waals surface area contributed by atoms with Gasteiger partial charge in [-0.05, 0) is 25.1 Å². The van der Waals surface area contributed by atoms with E-state index in [0.29, 0.717) is 31.1 Å². The fourth-order valence-electron chi connectivity index (χ4n) is 2.26. The number of aryl methyl sites for hydroxylation is 2. The maximum Gasteiger partial charge on any atom is 0.227 e. The molecule has 1 aromatic carbocycles. The van der Waals surface area contributed by atoms with Crippen LogP contribution in [-0.4, -0.2) is 21.0 Å². The van der Waals surface area contributed by atoms with Crippen LogP contribution in [0.2, 0.25) is 0 Å². The van der Waals surface area contributed by atoms with Gasteiger partial charge in [-0.1, -0.05) is 35.0 Å². The molecule has 3 rings (SSSR count). The van der Waals surface area contributed by atoms with Crippen LogP contribution in [0.3, 0.4) is 0 Å². The third-order valence-corrected chi connectivity index (χ3v) is 3.50. The molecule has 6 heteroatoms. The van der Waals surface area contributed by atoms with Crippen LogP contribution in [0.25, 0.3) is 11.4 Å². The first-order chi connectivity index (χ1) is 11.7. The number of nitrogens with zero attached hydrogens (tertiary/aromatic N) is 3. The molecule has 0 spiro atoms. The van der Waals surface area contributed by atoms with Crippen molar-refractivity contribution in [2.24, 2.45) is 0 Å². The SMILES string of the molecule is Cc1cccc(-c2noc(CCC(=O)NCc3ccccn3)n2)c1. The molecule has 1 amide bonds. The predicted octanol–water partition coefficient (Wildman–Crippen LogP) is 2.69. The Kier molecular flexibility index (Phi) is 4.96. The molecule has 2 heterocycles. The van der Waals surface area contributed by atoms with Crippen molar-refractivity contribution in [3.63, 3.8) is 0 Å². The Bertz CT molecular complexity index is 815. The molecule has 6 nitrogen and oxygen atoms in total. The van der Waals surface area contributed by atoms with Gasteiger partial charge in [-0.3, -0.25) is 9.78 Å². The number of pyridine rings is 1. The van der Waals surface area contributed by atoms with Crippen LogP contribution in [0.4, 0.5) is 0 Å². The normalized spacial score (nSPS) is 10.5. The molecule has 2 aromatic heterocycles. The van der Waals surface area contributed by atoms with Crippen LogP contribution in [0, 0.1) is 6.92 Å². The van der Waals surface area contributed by atoms with E-state index in [1.165, 1.54) is 0 Å². The average molecular weight is 322 g/mol. The maximum atomic E-state index is 11.9. The summed E-state index contributed by atoms with van der Waals surface area (Å²) in [6, 6.07) is 13.5. The van der Waals surface area contributed by atoms with E-state index in [2.05, 4.69) is 20.4 Å². The quantitative estimate of drug-likeness (QED) is 0.754. The van der Waals surface area contributed by atoms with Crippen LogP contribution < -0.4 is 5.32 Å². The Hall–Kier alpha value is -3.02. The van der Waals surface area contributed by atoms with Crippen molar-refractivity contribution in [1.29, 1.82) is 0 Å². The van der Waals surface area contributed by atoms with Crippen molar-refractivity contribution in [1.82, 2.24) is 20.4 Å². The van der Waals surface area contributed by atoms with Gasteiger partial charge in [0.1, 0.15) is 0 Å². The second kappa shape index (κ2) is 7.50. The summed E-state index contributed by atoms with van der Waals surface area (Å²) >= 11 is 0. The first-order valence-electron chi connectivity index (χ1n) is 7.77. The summed E-state index contributed by atoms with van der Waals surface area (Å²) in [5.74, 6) is 0.929. The molecule has 0 aliphatic rings. The topological polar surface area (TPSA) is 80.9 Å². The van der Waals surface area contributed by atoms with Gasteiger partial charge >= 0.3 is 0 Å². The molecule has 0 atom stereocenters. The zero-order chi connectivity index (χ0) is 16.8. The lowest BCUT2D eigenvalue weighted by molar-refractivity contribution is -0.121. The number of rotatable bonds is 6. The second-order valence-electron chi connectivity index (χ2n) is 5.48. The van der Waals surface area contributed by atoms with Gasteiger partial charge in [0.2, 0.25) is 17.6 Å². The van der Waals surface area contributed by atoms with E-state index in [0.717, 1.165) is 16.8 Å². The van der Waals surface area contributed by atoms with Crippen LogP contribution in [0.1, 0.15) is 23.6 Å². The van der Waals surface area contributed by atoms with Crippen molar-refractivity contribution in [2.75, 3.05) is 0 Å². The highest BCUT2D eigenvalue weighted by molar-refractivity contribution is 5.75. The number of amides is 1. The fourth-order valence-corrected chi connectivity index (χ4v) is 2.26. The standard InChI is InChI=1S/C18H18N4O2/c1-13-5-4-6-14(11-13)18-21-17(24-22-18)9-8-16(23)20-12-15-7-2-3-10-19-15/h2-7,10-11H,8-9,12H2,1H3,(H,20,23). The molecule has 0 aliphatic carbocycles. The van der Waals surface area contributed by atoms with Crippen molar-refractivity contribution in [2.45, 2.75) is 26.3 Å². The molecule has 1 N–H and O–H groups in total. The molecular formula is C18H18N4O2. The third kappa shape index (κ3) is 4.25. The van der Waals surface area contributed by atoms with Crippen LogP contribution in [0.15, 0.2) is 53.2 Å². The highest BCUT2D eigenvalue weighted by Gasteiger charge is 2.10. The summed E-state index contributed by atoms with van der Waals surface area (Å²) in [6.45, 7) is 2.43. The molecule has 0 saturated carbocycles. The van der Waals surface area contributed by atoms with Crippen LogP contribution in [0.5, 0.6) is 0 Å². The number of aromatic nitrogens is 3. The average Bonchev–Trinajstić information content (AvgIpc) is 3.08. The van der Waals surface area contributed by atoms with Gasteiger partial charge in [0.25, 0.3) is 0 Å². The summed E-state index contributed by atoms with van der Waals surface area (Å²) < 4.78 is 5.22. The molecule has 0 radical (unpaired) electrons. The molecule has 24 heavy (non-hydrogen) atoms. The first kappa shape index (κ1) is 15.9. The van der Waals surface area contributed by atoms with Gasteiger partial charge in [-0.2, -0.15) is 4.98 Å². The lowest BCUT2D eigenvalue weighted by atomic mass is 10.1. The van der Waals surface area contributed by atoms with E-state index < -0.39 is 0 Å². The number of hydrogen-bond acceptors (Lipinski definition) is 5. The lowest BCUT2D eigenvalue weighted by Gasteiger charge is -2.03. The van der Waals surface area contributed by atoms with E-state index in [-0.39, 0.29) is 5.91 Å². The Balaban J connectivity index is 1.51. The number of benzene rings is 1. The van der Waals surface area contributed by atoms with Crippen molar-refractivity contribution >= 4 is 5.91 Å². The van der Waals surface area contributed by atoms with Gasteiger partial charge < -0.3 is 9.84 Å². The smallest absolute Gasteiger partial charge is 0.227 e. The van der Waals surface area contributed by atoms with Crippen LogP contribution in [-0.2, 0) is 17.8 Å². The molecule has 3 aromatic rings. The highest BCUT2D eigenvalue weighted by atomic mass is 16.5. The van der Waals surface area contributed by atoms with E-state index in [4.69, 9.17) is 4.52 Å². The summed E-state index contributed by atoms with van der Waals surface area (Å²) in [5.41, 5.74) is 2.86. The van der Waals surface area contributed by atoms with Crippen molar-refractivity contribution < 1.29 is 9.32 Å². The summed E-state index contributed by atoms with van der Waals surface area (Å²) in [6.07, 6.45) is 2.40. The Morgan fingerprint density at radius 2 is 2.12 bits per heavy atom. The monoisotopic (exact) mass is 322 g/mol. The van der Waals surface area contributed by atoms with Crippen molar-refractivity contribution in [3.8, 4) is 11.4 Å². The molecule has 0 bridgehead atoms. The highest BCUT2D eigenvalue weighted by Crippen LogP contribution is 2.17. The van der Waals surface area contributed by atoms with Crippen molar-refractivity contribution in [3.05, 3.63) is 65.8 Å². The molecule has 122 valence electrons. The largest absolute Gasteiger partial charge is 0.350 e. The van der Waals surface area contributed by atoms with Gasteiger partial charge in [0, 0.05) is 24.6 Å². The molecular weight excluding hydrogens is 304 g/mol. The lowest BCUT2D eigenvalue weighted by Crippen LogP contribution is -2.23. The molecule has 0 aliphatic heterocycles. The number of hydrogen-bond donors (Lipinski definition) is 1. The summed E-state index contributed by atoms with van der Waals surface area (Å²) in [5, 5.41) is 6.80. The minimum Gasteiger partial charge on any atom is -0.350 e. The van der Waals surface area contributed by atoms with E-state index in [1.807, 2.05) is 49.4 Å². The molecule has 0 saturated heterocycles. The minimum absolute atomic E-state index is 0.0732.